The number of hydrogen-bond donors (Lipinski definition) is 11. The lowest BCUT2D eigenvalue weighted by atomic mass is 9.83. The summed E-state index contributed by atoms with van der Waals surface area (Å²) >= 11 is 0. The average molecular weight is 579 g/mol. The lowest BCUT2D eigenvalue weighted by Gasteiger charge is -2.49. The number of nitrogens with two attached hydrogens (primary N) is 3. The summed E-state index contributed by atoms with van der Waals surface area (Å²) in [6.45, 7) is 2.73. The van der Waals surface area contributed by atoms with Crippen molar-refractivity contribution in [2.24, 2.45) is 17.2 Å². The molecule has 40 heavy (non-hydrogen) atoms. The minimum absolute atomic E-state index is 0.0383. The number of aliphatic hydroxyl groups is 5. The fourth-order valence-electron chi connectivity index (χ4n) is 5.36. The Kier molecular flexibility index (Phi) is 12.9. The minimum Gasteiger partial charge on any atom is -0.467 e. The molecule has 2 unspecified atom stereocenters. The number of hydrogen-bond acceptors (Lipinski definition) is 15. The highest BCUT2D eigenvalue weighted by Gasteiger charge is 2.51. The van der Waals surface area contributed by atoms with Crippen LogP contribution in [0.3, 0.4) is 0 Å². The summed E-state index contributed by atoms with van der Waals surface area (Å²) in [5.41, 5.74) is 16.9. The molecule has 234 valence electrons. The van der Waals surface area contributed by atoms with Crippen molar-refractivity contribution >= 4 is 0 Å². The number of rotatable bonds is 14. The van der Waals surface area contributed by atoms with E-state index in [1.807, 2.05) is 6.08 Å². The Hall–Kier alpha value is -1.02. The maximum atomic E-state index is 11.5. The van der Waals surface area contributed by atoms with Gasteiger partial charge in [-0.3, -0.25) is 0 Å². The number of nitrogens with one attached hydrogen (secondary N) is 3. The first kappa shape index (κ1) is 33.5. The molecule has 0 aromatic carbocycles. The van der Waals surface area contributed by atoms with Crippen LogP contribution < -0.4 is 33.2 Å². The standard InChI is InChI=1S/C25H50N6O9/c1-25(36)12-37-24(19(35)22(25)29-2)40-21-17(31-10-13(33)9-26)8-16(28)20(18(21)34)39-23-15(27)5-4-14(38-23)11-30-6-3-7-32/h4,13,15-24,29-36H,3,5-12,26-28H2,1-2H3/t13?,15-,16+,17-,18+,19-,20?,21+,22-,23-,24-,25+/m1/s1. The second-order valence-corrected chi connectivity index (χ2v) is 11.1. The summed E-state index contributed by atoms with van der Waals surface area (Å²) in [6.07, 6.45) is -4.09. The van der Waals surface area contributed by atoms with Crippen LogP contribution in [0.15, 0.2) is 11.8 Å². The van der Waals surface area contributed by atoms with Crippen molar-refractivity contribution < 1.29 is 44.5 Å². The highest BCUT2D eigenvalue weighted by atomic mass is 16.7. The van der Waals surface area contributed by atoms with Crippen molar-refractivity contribution in [3.63, 3.8) is 0 Å². The van der Waals surface area contributed by atoms with Gasteiger partial charge in [0.1, 0.15) is 35.8 Å². The van der Waals surface area contributed by atoms with Gasteiger partial charge >= 0.3 is 0 Å². The van der Waals surface area contributed by atoms with E-state index in [4.69, 9.17) is 41.3 Å². The molecule has 1 aliphatic carbocycles. The van der Waals surface area contributed by atoms with E-state index in [0.717, 1.165) is 0 Å². The summed E-state index contributed by atoms with van der Waals surface area (Å²) in [6, 6.07) is -2.46. The minimum atomic E-state index is -1.34. The Morgan fingerprint density at radius 2 is 1.88 bits per heavy atom. The van der Waals surface area contributed by atoms with Crippen LogP contribution in [0.1, 0.15) is 26.2 Å². The molecular weight excluding hydrogens is 528 g/mol. The molecule has 1 saturated carbocycles. The molecule has 3 aliphatic rings. The van der Waals surface area contributed by atoms with Gasteiger partial charge in [0, 0.05) is 31.8 Å². The van der Waals surface area contributed by atoms with E-state index >= 15 is 0 Å². The molecule has 0 radical (unpaired) electrons. The Labute approximate surface area is 235 Å². The molecule has 0 aromatic heterocycles. The topological polar surface area (TPSA) is 252 Å². The first-order valence-corrected chi connectivity index (χ1v) is 14.0. The second-order valence-electron chi connectivity index (χ2n) is 11.1. The quantitative estimate of drug-likeness (QED) is 0.0864. The molecule has 0 amide bonds. The molecule has 15 heteroatoms. The van der Waals surface area contributed by atoms with Crippen LogP contribution in [-0.2, 0) is 18.9 Å². The van der Waals surface area contributed by atoms with Crippen LogP contribution in [0.4, 0.5) is 0 Å². The molecule has 0 aromatic rings. The van der Waals surface area contributed by atoms with E-state index in [1.54, 1.807) is 14.0 Å². The third-order valence-corrected chi connectivity index (χ3v) is 7.68. The predicted octanol–water partition coefficient (Wildman–Crippen LogP) is -4.89. The van der Waals surface area contributed by atoms with Crippen molar-refractivity contribution in [2.75, 3.05) is 46.4 Å². The largest absolute Gasteiger partial charge is 0.467 e. The van der Waals surface area contributed by atoms with E-state index in [0.29, 0.717) is 31.7 Å². The Bertz CT molecular complexity index is 796. The summed E-state index contributed by atoms with van der Waals surface area (Å²) in [7, 11) is 1.61. The summed E-state index contributed by atoms with van der Waals surface area (Å²) in [5.74, 6) is 0.635. The van der Waals surface area contributed by atoms with Gasteiger partial charge < -0.3 is 77.6 Å². The van der Waals surface area contributed by atoms with Crippen LogP contribution in [0.25, 0.3) is 0 Å². The van der Waals surface area contributed by atoms with Gasteiger partial charge in [-0.05, 0) is 45.9 Å². The molecule has 0 spiro atoms. The van der Waals surface area contributed by atoms with Crippen molar-refractivity contribution in [2.45, 2.75) is 99.1 Å². The fraction of sp³-hybridized carbons (Fsp3) is 0.920. The normalized spacial score (nSPS) is 41.3. The number of ether oxygens (including phenoxy) is 4. The maximum Gasteiger partial charge on any atom is 0.215 e. The van der Waals surface area contributed by atoms with Crippen molar-refractivity contribution in [1.29, 1.82) is 0 Å². The van der Waals surface area contributed by atoms with Crippen LogP contribution in [0.5, 0.6) is 0 Å². The highest BCUT2D eigenvalue weighted by Crippen LogP contribution is 2.32. The van der Waals surface area contributed by atoms with Gasteiger partial charge in [-0.1, -0.05) is 0 Å². The Balaban J connectivity index is 1.73. The first-order valence-electron chi connectivity index (χ1n) is 14.0. The lowest BCUT2D eigenvalue weighted by Crippen LogP contribution is -2.69. The summed E-state index contributed by atoms with van der Waals surface area (Å²) in [4.78, 5) is 0. The molecule has 1 saturated heterocycles. The van der Waals surface area contributed by atoms with Crippen molar-refractivity contribution in [3.05, 3.63) is 11.8 Å². The van der Waals surface area contributed by atoms with Crippen molar-refractivity contribution in [3.8, 4) is 0 Å². The smallest absolute Gasteiger partial charge is 0.215 e. The Morgan fingerprint density at radius 3 is 2.55 bits per heavy atom. The molecule has 2 heterocycles. The summed E-state index contributed by atoms with van der Waals surface area (Å²) in [5, 5.41) is 61.2. The van der Waals surface area contributed by atoms with Gasteiger partial charge in [-0.2, -0.15) is 0 Å². The van der Waals surface area contributed by atoms with Gasteiger partial charge in [0.15, 0.2) is 6.29 Å². The second kappa shape index (κ2) is 15.5. The molecule has 15 nitrogen and oxygen atoms in total. The van der Waals surface area contributed by atoms with Crippen molar-refractivity contribution in [1.82, 2.24) is 16.0 Å². The lowest BCUT2D eigenvalue weighted by molar-refractivity contribution is -0.304. The van der Waals surface area contributed by atoms with Gasteiger partial charge in [-0.25, -0.2) is 0 Å². The van der Waals surface area contributed by atoms with Gasteiger partial charge in [0.2, 0.25) is 6.29 Å². The molecular formula is C25H50N6O9. The fourth-order valence-corrected chi connectivity index (χ4v) is 5.36. The Morgan fingerprint density at radius 1 is 1.15 bits per heavy atom. The molecule has 2 fully saturated rings. The zero-order chi connectivity index (χ0) is 29.4. The summed E-state index contributed by atoms with van der Waals surface area (Å²) < 4.78 is 24.0. The maximum absolute atomic E-state index is 11.5. The van der Waals surface area contributed by atoms with Crippen LogP contribution in [0.2, 0.25) is 0 Å². The van der Waals surface area contributed by atoms with Gasteiger partial charge in [-0.15, -0.1) is 0 Å². The number of likely N-dealkylation sites (N-methyl/N-ethyl adjacent to an activating group) is 1. The zero-order valence-electron chi connectivity index (χ0n) is 23.4. The van der Waals surface area contributed by atoms with Crippen LogP contribution >= 0.6 is 0 Å². The monoisotopic (exact) mass is 578 g/mol. The van der Waals surface area contributed by atoms with Crippen LogP contribution in [-0.4, -0.2) is 145 Å². The predicted molar refractivity (Wildman–Crippen MR) is 145 cm³/mol. The first-order chi connectivity index (χ1) is 19.0. The van der Waals surface area contributed by atoms with Gasteiger partial charge in [0.25, 0.3) is 0 Å². The third kappa shape index (κ3) is 8.52. The van der Waals surface area contributed by atoms with E-state index in [-0.39, 0.29) is 32.7 Å². The zero-order valence-corrected chi connectivity index (χ0v) is 23.4. The molecule has 0 bridgehead atoms. The molecule has 2 aliphatic heterocycles. The SMILES string of the molecule is CN[C@@H]1[C@@H](O)[C@@H](O[C@H]2[C@H](NCC(O)CN)C[C@H](N)C(O[C@H]3OC(CNCCCO)=CC[C@H]3N)[C@@H]2O)OC[C@]1(C)O. The average Bonchev–Trinajstić information content (AvgIpc) is 2.92. The number of aliphatic hydroxyl groups excluding tert-OH is 4. The van der Waals surface area contributed by atoms with E-state index in [1.165, 1.54) is 0 Å². The van der Waals surface area contributed by atoms with E-state index in [2.05, 4.69) is 16.0 Å². The third-order valence-electron chi connectivity index (χ3n) is 7.68. The molecule has 12 atom stereocenters. The molecule has 14 N–H and O–H groups in total. The van der Waals surface area contributed by atoms with E-state index in [9.17, 15) is 20.4 Å². The molecule has 3 rings (SSSR count). The van der Waals surface area contributed by atoms with Gasteiger partial charge in [0.05, 0.1) is 31.3 Å². The van der Waals surface area contributed by atoms with Crippen LogP contribution in [0, 0.1) is 0 Å². The highest BCUT2D eigenvalue weighted by molar-refractivity contribution is 5.05. The van der Waals surface area contributed by atoms with E-state index < -0.39 is 72.9 Å².